The third-order valence-electron chi connectivity index (χ3n) is 7.98. The molecule has 2 bridgehead atoms. The molecule has 4 unspecified atom stereocenters. The summed E-state index contributed by atoms with van der Waals surface area (Å²) in [6.07, 6.45) is -4.83. The van der Waals surface area contributed by atoms with Gasteiger partial charge in [0.2, 0.25) is 11.8 Å². The summed E-state index contributed by atoms with van der Waals surface area (Å²) in [5, 5.41) is 14.5. The predicted octanol–water partition coefficient (Wildman–Crippen LogP) is 3.77. The Balaban J connectivity index is 1.27. The number of hydrogen-bond donors (Lipinski definition) is 2. The number of halogens is 3. The molecule has 222 valence electrons. The van der Waals surface area contributed by atoms with Crippen molar-refractivity contribution < 1.29 is 37.0 Å². The van der Waals surface area contributed by atoms with E-state index in [1.165, 1.54) is 12.1 Å². The minimum Gasteiger partial charge on any atom is -0.492 e. The monoisotopic (exact) mass is 585 g/mol. The standard InChI is InChI=1S/C29H30F3N5O5/c1-4-34-26(40)35-18-6-9-20(10-7-18)41-12-11-36-15-27(2)22-23(28(3,16-36)42-27)25(39)37(24(22)38)19-8-5-17(14-33)21(13-19)29(30,31)32/h5-10,13,22-23H,4,11-12,15-16H2,1-3H3,(H2,34,35,40). The Morgan fingerprint density at radius 3 is 2.26 bits per heavy atom. The normalized spacial score (nSPS) is 27.0. The number of imide groups is 1. The molecule has 2 aromatic rings. The number of rotatable bonds is 7. The molecule has 3 saturated heterocycles. The largest absolute Gasteiger partial charge is 0.492 e. The molecule has 3 heterocycles. The third-order valence-corrected chi connectivity index (χ3v) is 7.98. The van der Waals surface area contributed by atoms with E-state index in [-0.39, 0.29) is 11.7 Å². The highest BCUT2D eigenvalue weighted by molar-refractivity contribution is 6.23. The number of nitrogens with one attached hydrogen (secondary N) is 2. The molecule has 0 aromatic heterocycles. The smallest absolute Gasteiger partial charge is 0.417 e. The fourth-order valence-corrected chi connectivity index (χ4v) is 6.44. The number of nitrogens with zero attached hydrogens (tertiary/aromatic N) is 3. The SMILES string of the molecule is CCNC(=O)Nc1ccc(OCCN2CC3(C)OC(C)(C2)C2C(=O)N(c4ccc(C#N)c(C(F)(F)F)c4)C(=O)C23)cc1. The molecular weight excluding hydrogens is 555 g/mol. The molecule has 10 nitrogen and oxygen atoms in total. The number of benzene rings is 2. The van der Waals surface area contributed by atoms with Crippen LogP contribution in [0.3, 0.4) is 0 Å². The summed E-state index contributed by atoms with van der Waals surface area (Å²) in [6, 6.07) is 11.0. The van der Waals surface area contributed by atoms with Crippen LogP contribution in [-0.4, -0.2) is 66.7 Å². The summed E-state index contributed by atoms with van der Waals surface area (Å²) in [6.45, 7) is 7.24. The Kier molecular flexibility index (Phi) is 7.40. The van der Waals surface area contributed by atoms with Crippen LogP contribution in [0.4, 0.5) is 29.3 Å². The van der Waals surface area contributed by atoms with Crippen molar-refractivity contribution in [1.82, 2.24) is 10.2 Å². The minimum absolute atomic E-state index is 0.214. The van der Waals surface area contributed by atoms with Crippen molar-refractivity contribution in [3.8, 4) is 11.8 Å². The second-order valence-electron chi connectivity index (χ2n) is 11.1. The number of alkyl halides is 3. The van der Waals surface area contributed by atoms with Crippen LogP contribution in [0.2, 0.25) is 0 Å². The second kappa shape index (κ2) is 10.6. The van der Waals surface area contributed by atoms with Gasteiger partial charge >= 0.3 is 12.2 Å². The van der Waals surface area contributed by atoms with Crippen molar-refractivity contribution in [3.05, 3.63) is 53.6 Å². The van der Waals surface area contributed by atoms with Gasteiger partial charge in [0.15, 0.2) is 0 Å². The van der Waals surface area contributed by atoms with Gasteiger partial charge in [0.1, 0.15) is 12.4 Å². The molecule has 5 rings (SSSR count). The highest BCUT2D eigenvalue weighted by Gasteiger charge is 2.71. The van der Waals surface area contributed by atoms with Crippen LogP contribution < -0.4 is 20.3 Å². The lowest BCUT2D eigenvalue weighted by Gasteiger charge is -2.45. The van der Waals surface area contributed by atoms with E-state index < -0.39 is 52.2 Å². The fraction of sp³-hybridized carbons (Fsp3) is 0.448. The topological polar surface area (TPSA) is 124 Å². The van der Waals surface area contributed by atoms with E-state index in [0.29, 0.717) is 50.3 Å². The van der Waals surface area contributed by atoms with Crippen LogP contribution in [0.25, 0.3) is 0 Å². The van der Waals surface area contributed by atoms with Gasteiger partial charge in [0.25, 0.3) is 0 Å². The number of carbonyl (C=O) groups excluding carboxylic acids is 3. The fourth-order valence-electron chi connectivity index (χ4n) is 6.44. The number of likely N-dealkylation sites (tertiary alicyclic amines) is 1. The number of amides is 4. The maximum absolute atomic E-state index is 13.6. The summed E-state index contributed by atoms with van der Waals surface area (Å²) in [4.78, 5) is 41.8. The lowest BCUT2D eigenvalue weighted by molar-refractivity contribution is -0.169. The van der Waals surface area contributed by atoms with Gasteiger partial charge in [-0.15, -0.1) is 0 Å². The highest BCUT2D eigenvalue weighted by Crippen LogP contribution is 2.55. The molecule has 4 atom stereocenters. The lowest BCUT2D eigenvalue weighted by Crippen LogP contribution is -2.58. The molecular formula is C29H30F3N5O5. The number of ether oxygens (including phenoxy) is 2. The molecule has 2 N–H and O–H groups in total. The minimum atomic E-state index is -4.83. The van der Waals surface area contributed by atoms with E-state index in [2.05, 4.69) is 15.5 Å². The van der Waals surface area contributed by atoms with Crippen molar-refractivity contribution in [2.75, 3.05) is 43.0 Å². The van der Waals surface area contributed by atoms with Crippen LogP contribution in [0.1, 0.15) is 31.9 Å². The molecule has 0 aliphatic carbocycles. The molecule has 3 aliphatic heterocycles. The van der Waals surface area contributed by atoms with Crippen LogP contribution >= 0.6 is 0 Å². The Morgan fingerprint density at radius 1 is 1.10 bits per heavy atom. The average Bonchev–Trinajstić information content (AvgIpc) is 3.29. The van der Waals surface area contributed by atoms with Gasteiger partial charge in [0.05, 0.1) is 45.9 Å². The summed E-state index contributed by atoms with van der Waals surface area (Å²) in [5.74, 6) is -2.39. The van der Waals surface area contributed by atoms with Gasteiger partial charge < -0.3 is 20.1 Å². The highest BCUT2D eigenvalue weighted by atomic mass is 19.4. The average molecular weight is 586 g/mol. The molecule has 0 radical (unpaired) electrons. The van der Waals surface area contributed by atoms with E-state index in [0.717, 1.165) is 11.0 Å². The molecule has 3 aliphatic rings. The second-order valence-corrected chi connectivity index (χ2v) is 11.1. The number of hydrogen-bond acceptors (Lipinski definition) is 7. The Bertz CT molecular complexity index is 1420. The van der Waals surface area contributed by atoms with E-state index in [1.807, 2.05) is 6.92 Å². The molecule has 0 saturated carbocycles. The first-order valence-electron chi connectivity index (χ1n) is 13.5. The zero-order chi connectivity index (χ0) is 30.4. The zero-order valence-corrected chi connectivity index (χ0v) is 23.2. The molecule has 0 spiro atoms. The number of fused-ring (bicyclic) bond motifs is 5. The van der Waals surface area contributed by atoms with Gasteiger partial charge in [-0.1, -0.05) is 0 Å². The maximum atomic E-state index is 13.6. The van der Waals surface area contributed by atoms with Crippen molar-refractivity contribution >= 4 is 29.2 Å². The number of morpholine rings is 1. The van der Waals surface area contributed by atoms with Crippen LogP contribution in [0.5, 0.6) is 5.75 Å². The van der Waals surface area contributed by atoms with Crippen molar-refractivity contribution in [3.63, 3.8) is 0 Å². The molecule has 13 heteroatoms. The Labute approximate surface area is 240 Å². The zero-order valence-electron chi connectivity index (χ0n) is 23.2. The first kappa shape index (κ1) is 29.3. The summed E-state index contributed by atoms with van der Waals surface area (Å²) < 4.78 is 53.0. The van der Waals surface area contributed by atoms with Gasteiger partial charge in [-0.2, -0.15) is 18.4 Å². The maximum Gasteiger partial charge on any atom is 0.417 e. The van der Waals surface area contributed by atoms with Gasteiger partial charge in [-0.3, -0.25) is 14.5 Å². The number of carbonyl (C=O) groups is 3. The van der Waals surface area contributed by atoms with Gasteiger partial charge in [0, 0.05) is 31.9 Å². The van der Waals surface area contributed by atoms with Gasteiger partial charge in [-0.25, -0.2) is 9.69 Å². The quantitative estimate of drug-likeness (QED) is 0.474. The first-order valence-corrected chi connectivity index (χ1v) is 13.5. The first-order chi connectivity index (χ1) is 19.8. The predicted molar refractivity (Wildman–Crippen MR) is 145 cm³/mol. The molecule has 4 amide bonds. The molecule has 2 aromatic carbocycles. The Hall–Kier alpha value is -4.15. The van der Waals surface area contributed by atoms with E-state index in [4.69, 9.17) is 14.7 Å². The summed E-state index contributed by atoms with van der Waals surface area (Å²) >= 11 is 0. The van der Waals surface area contributed by atoms with E-state index in [9.17, 15) is 27.6 Å². The third kappa shape index (κ3) is 5.16. The summed E-state index contributed by atoms with van der Waals surface area (Å²) in [5.41, 5.74) is -3.49. The van der Waals surface area contributed by atoms with Crippen molar-refractivity contribution in [2.45, 2.75) is 38.1 Å². The molecule has 3 fully saturated rings. The lowest BCUT2D eigenvalue weighted by atomic mass is 9.79. The van der Waals surface area contributed by atoms with E-state index in [1.54, 1.807) is 38.1 Å². The molecule has 42 heavy (non-hydrogen) atoms. The number of nitriles is 1. The van der Waals surface area contributed by atoms with Crippen LogP contribution in [-0.2, 0) is 20.5 Å². The number of anilines is 2. The van der Waals surface area contributed by atoms with Crippen molar-refractivity contribution in [2.24, 2.45) is 11.8 Å². The number of urea groups is 1. The van der Waals surface area contributed by atoms with Crippen LogP contribution in [0, 0.1) is 23.2 Å². The van der Waals surface area contributed by atoms with Gasteiger partial charge in [-0.05, 0) is 63.2 Å². The van der Waals surface area contributed by atoms with Crippen LogP contribution in [0.15, 0.2) is 42.5 Å². The van der Waals surface area contributed by atoms with E-state index >= 15 is 0 Å². The summed E-state index contributed by atoms with van der Waals surface area (Å²) in [7, 11) is 0. The Morgan fingerprint density at radius 2 is 1.71 bits per heavy atom. The van der Waals surface area contributed by atoms with Crippen molar-refractivity contribution in [1.29, 1.82) is 5.26 Å².